The Labute approximate surface area is 111 Å². The molecule has 1 aromatic rings. The topological polar surface area (TPSA) is 3.24 Å². The number of benzene rings is 1. The van der Waals surface area contributed by atoms with Crippen molar-refractivity contribution in [1.29, 1.82) is 0 Å². The molecule has 5 unspecified atom stereocenters. The van der Waals surface area contributed by atoms with Gasteiger partial charge in [0.1, 0.15) is 0 Å². The van der Waals surface area contributed by atoms with Crippen molar-refractivity contribution < 1.29 is 0 Å². The van der Waals surface area contributed by atoms with Crippen molar-refractivity contribution in [2.75, 3.05) is 6.54 Å². The Morgan fingerprint density at radius 1 is 1.11 bits per heavy atom. The summed E-state index contributed by atoms with van der Waals surface area (Å²) in [5.41, 5.74) is 3.49. The minimum absolute atomic E-state index is 0.449. The number of aryl methyl sites for hydroxylation is 1. The average Bonchev–Trinajstić information content (AvgIpc) is 2.73. The van der Waals surface area contributed by atoms with Crippen LogP contribution in [0.1, 0.15) is 44.7 Å². The van der Waals surface area contributed by atoms with Gasteiger partial charge in [-0.3, -0.25) is 4.90 Å². The molecule has 0 amide bonds. The minimum Gasteiger partial charge on any atom is -0.296 e. The van der Waals surface area contributed by atoms with Gasteiger partial charge in [0, 0.05) is 24.5 Å². The van der Waals surface area contributed by atoms with Crippen molar-refractivity contribution in [2.24, 2.45) is 11.3 Å². The van der Waals surface area contributed by atoms with Gasteiger partial charge in [-0.15, -0.1) is 0 Å². The Morgan fingerprint density at radius 2 is 1.78 bits per heavy atom. The summed E-state index contributed by atoms with van der Waals surface area (Å²) in [6.45, 7) is 13.3. The third-order valence-corrected chi connectivity index (χ3v) is 6.05. The van der Waals surface area contributed by atoms with E-state index in [4.69, 9.17) is 0 Å². The van der Waals surface area contributed by atoms with Crippen LogP contribution in [0.4, 0.5) is 0 Å². The van der Waals surface area contributed by atoms with Crippen LogP contribution in [-0.2, 0) is 0 Å². The van der Waals surface area contributed by atoms with Crippen LogP contribution in [0, 0.1) is 18.3 Å². The molecule has 0 aliphatic carbocycles. The van der Waals surface area contributed by atoms with Crippen LogP contribution in [0.15, 0.2) is 24.3 Å². The normalized spacial score (nSPS) is 46.6. The zero-order valence-electron chi connectivity index (χ0n) is 12.3. The quantitative estimate of drug-likeness (QED) is 0.724. The lowest BCUT2D eigenvalue weighted by Crippen LogP contribution is -2.45. The lowest BCUT2D eigenvalue weighted by atomic mass is 9.63. The second kappa shape index (κ2) is 3.84. The van der Waals surface area contributed by atoms with Crippen molar-refractivity contribution in [2.45, 2.75) is 52.6 Å². The number of piperidine rings is 1. The molecule has 0 radical (unpaired) electrons. The van der Waals surface area contributed by atoms with E-state index in [0.29, 0.717) is 17.4 Å². The molecule has 0 N–H and O–H groups in total. The van der Waals surface area contributed by atoms with Gasteiger partial charge in [0.25, 0.3) is 0 Å². The first-order valence-electron chi connectivity index (χ1n) is 7.28. The Morgan fingerprint density at radius 3 is 2.39 bits per heavy atom. The van der Waals surface area contributed by atoms with E-state index in [2.05, 4.69) is 63.8 Å². The van der Waals surface area contributed by atoms with Gasteiger partial charge in [-0.1, -0.05) is 38.1 Å². The zero-order chi connectivity index (χ0) is 13.1. The molecule has 1 nitrogen and oxygen atoms in total. The van der Waals surface area contributed by atoms with E-state index >= 15 is 0 Å². The van der Waals surface area contributed by atoms with E-state index in [1.165, 1.54) is 12.1 Å². The first kappa shape index (κ1) is 12.2. The van der Waals surface area contributed by atoms with Crippen LogP contribution in [-0.4, -0.2) is 23.5 Å². The van der Waals surface area contributed by atoms with Gasteiger partial charge in [-0.25, -0.2) is 0 Å². The van der Waals surface area contributed by atoms with Gasteiger partial charge in [0.2, 0.25) is 0 Å². The second-order valence-corrected chi connectivity index (χ2v) is 6.78. The summed E-state index contributed by atoms with van der Waals surface area (Å²) in [6.07, 6.45) is 0. The van der Waals surface area contributed by atoms with E-state index in [1.54, 1.807) is 5.56 Å². The van der Waals surface area contributed by atoms with Crippen molar-refractivity contribution in [3.05, 3.63) is 35.4 Å². The second-order valence-electron chi connectivity index (χ2n) is 6.78. The molecular weight excluding hydrogens is 218 g/mol. The fourth-order valence-corrected chi connectivity index (χ4v) is 4.71. The van der Waals surface area contributed by atoms with Crippen LogP contribution < -0.4 is 0 Å². The van der Waals surface area contributed by atoms with E-state index in [0.717, 1.165) is 12.0 Å². The number of fused-ring (bicyclic) bond motifs is 2. The molecule has 1 aromatic carbocycles. The van der Waals surface area contributed by atoms with Gasteiger partial charge < -0.3 is 0 Å². The Balaban J connectivity index is 2.07. The molecule has 3 rings (SSSR count). The van der Waals surface area contributed by atoms with Gasteiger partial charge >= 0.3 is 0 Å². The highest BCUT2D eigenvalue weighted by atomic mass is 15.3. The van der Waals surface area contributed by atoms with Crippen molar-refractivity contribution in [3.63, 3.8) is 0 Å². The number of nitrogens with zero attached hydrogens (tertiary/aromatic N) is 1. The highest BCUT2D eigenvalue weighted by Gasteiger charge is 2.59. The first-order chi connectivity index (χ1) is 8.47. The van der Waals surface area contributed by atoms with Crippen LogP contribution in [0.3, 0.4) is 0 Å². The fraction of sp³-hybridized carbons (Fsp3) is 0.647. The molecule has 2 heterocycles. The largest absolute Gasteiger partial charge is 0.296 e. The summed E-state index contributed by atoms with van der Waals surface area (Å²) in [7, 11) is 0. The molecule has 2 aliphatic rings. The Bertz CT molecular complexity index is 466. The van der Waals surface area contributed by atoms with Crippen LogP contribution >= 0.6 is 0 Å². The molecule has 2 bridgehead atoms. The number of hydrogen-bond donors (Lipinski definition) is 0. The molecule has 2 saturated heterocycles. The van der Waals surface area contributed by atoms with Gasteiger partial charge in [-0.05, 0) is 43.2 Å². The summed E-state index contributed by atoms with van der Waals surface area (Å²) >= 11 is 0. The van der Waals surface area contributed by atoms with Crippen molar-refractivity contribution >= 4 is 0 Å². The molecule has 2 fully saturated rings. The summed E-state index contributed by atoms with van der Waals surface area (Å²) in [5.74, 6) is 1.49. The molecule has 0 saturated carbocycles. The molecule has 18 heavy (non-hydrogen) atoms. The lowest BCUT2D eigenvalue weighted by Gasteiger charge is -2.44. The van der Waals surface area contributed by atoms with E-state index in [9.17, 15) is 0 Å². The predicted molar refractivity (Wildman–Crippen MR) is 76.8 cm³/mol. The molecule has 1 heteroatoms. The van der Waals surface area contributed by atoms with E-state index < -0.39 is 0 Å². The summed E-state index contributed by atoms with van der Waals surface area (Å²) in [6, 6.07) is 10.4. The highest BCUT2D eigenvalue weighted by Crippen LogP contribution is 2.58. The monoisotopic (exact) mass is 243 g/mol. The van der Waals surface area contributed by atoms with Crippen LogP contribution in [0.2, 0.25) is 0 Å². The van der Waals surface area contributed by atoms with Gasteiger partial charge in [0.15, 0.2) is 0 Å². The van der Waals surface area contributed by atoms with Crippen molar-refractivity contribution in [3.8, 4) is 0 Å². The maximum Gasteiger partial charge on any atom is 0.0145 e. The predicted octanol–water partition coefficient (Wildman–Crippen LogP) is 3.83. The van der Waals surface area contributed by atoms with E-state index in [1.807, 2.05) is 0 Å². The first-order valence-corrected chi connectivity index (χ1v) is 7.28. The third-order valence-electron chi connectivity index (χ3n) is 6.05. The standard InChI is InChI=1S/C17H25N/c1-11-8-6-7-9-15(11)16-14(4)18-10-17(16,5)12(2)13(18)3/h6-9,12-14,16H,10H2,1-5H3/t12?,13?,14-,16?,17?/m1/s1. The zero-order valence-corrected chi connectivity index (χ0v) is 12.3. The highest BCUT2D eigenvalue weighted by molar-refractivity contribution is 5.35. The minimum atomic E-state index is 0.449. The Hall–Kier alpha value is -0.820. The maximum absolute atomic E-state index is 2.72. The van der Waals surface area contributed by atoms with Crippen LogP contribution in [0.25, 0.3) is 0 Å². The summed E-state index contributed by atoms with van der Waals surface area (Å²) in [5, 5.41) is 0. The molecule has 6 atom stereocenters. The third kappa shape index (κ3) is 1.37. The molecule has 2 aliphatic heterocycles. The Kier molecular flexibility index (Phi) is 2.60. The maximum atomic E-state index is 2.72. The molecule has 0 aromatic heterocycles. The SMILES string of the molecule is Cc1ccccc1C1[C@@H](C)N2CC1(C)C(C)C2C. The van der Waals surface area contributed by atoms with Crippen LogP contribution in [0.5, 0.6) is 0 Å². The number of hydrogen-bond acceptors (Lipinski definition) is 1. The molecule has 0 spiro atoms. The summed E-state index contributed by atoms with van der Waals surface area (Å²) in [4.78, 5) is 2.72. The lowest BCUT2D eigenvalue weighted by molar-refractivity contribution is 0.112. The van der Waals surface area contributed by atoms with Gasteiger partial charge in [-0.2, -0.15) is 0 Å². The van der Waals surface area contributed by atoms with Gasteiger partial charge in [0.05, 0.1) is 0 Å². The average molecular weight is 243 g/mol. The fourth-order valence-electron chi connectivity index (χ4n) is 4.71. The van der Waals surface area contributed by atoms with Crippen molar-refractivity contribution in [1.82, 2.24) is 4.90 Å². The van der Waals surface area contributed by atoms with E-state index in [-0.39, 0.29) is 0 Å². The number of rotatable bonds is 1. The summed E-state index contributed by atoms with van der Waals surface area (Å²) < 4.78 is 0. The smallest absolute Gasteiger partial charge is 0.0145 e. The molecule has 98 valence electrons. The molecular formula is C17H25N.